The average Bonchev–Trinajstić information content (AvgIpc) is 2.64. The van der Waals surface area contributed by atoms with Gasteiger partial charge in [0.1, 0.15) is 23.9 Å². The molecule has 1 N–H and O–H groups in total. The molecule has 0 aliphatic carbocycles. The molecule has 30 heavy (non-hydrogen) atoms. The molecule has 0 bridgehead atoms. The number of ether oxygens (including phenoxy) is 2. The number of carbonyl (C=O) groups is 1. The number of halogens is 1. The maximum absolute atomic E-state index is 13.6. The van der Waals surface area contributed by atoms with Crippen molar-refractivity contribution in [3.63, 3.8) is 0 Å². The number of methoxy groups -OCH3 is 1. The number of benzene rings is 1. The number of rotatable bonds is 4. The molecule has 6 nitrogen and oxygen atoms in total. The smallest absolute Gasteiger partial charge is 0.407 e. The largest absolute Gasteiger partial charge is 0.497 e. The van der Waals surface area contributed by atoms with E-state index in [-0.39, 0.29) is 12.0 Å². The highest BCUT2D eigenvalue weighted by Crippen LogP contribution is 2.45. The molecular weight excluding hydrogens is 387 g/mol. The first-order valence-corrected chi connectivity index (χ1v) is 9.60. The minimum absolute atomic E-state index is 0.225. The summed E-state index contributed by atoms with van der Waals surface area (Å²) in [6.45, 7) is 6.76. The number of hydrogen-bond acceptors (Lipinski definition) is 4. The Bertz CT molecular complexity index is 1010. The van der Waals surface area contributed by atoms with Gasteiger partial charge in [0.15, 0.2) is 0 Å². The third kappa shape index (κ3) is 4.33. The second kappa shape index (κ2) is 8.23. The highest BCUT2D eigenvalue weighted by Gasteiger charge is 2.56. The highest BCUT2D eigenvalue weighted by atomic mass is 19.1. The van der Waals surface area contributed by atoms with E-state index in [0.717, 1.165) is 6.42 Å². The second-order valence-electron chi connectivity index (χ2n) is 8.29. The zero-order valence-corrected chi connectivity index (χ0v) is 17.5. The van der Waals surface area contributed by atoms with Crippen molar-refractivity contribution in [1.29, 1.82) is 0 Å². The van der Waals surface area contributed by atoms with Gasteiger partial charge in [-0.15, -0.1) is 0 Å². The van der Waals surface area contributed by atoms with Crippen LogP contribution in [-0.4, -0.2) is 46.9 Å². The van der Waals surface area contributed by atoms with E-state index in [4.69, 9.17) is 9.47 Å². The number of amides is 1. The minimum atomic E-state index is -0.942. The second-order valence-corrected chi connectivity index (χ2v) is 8.29. The maximum Gasteiger partial charge on any atom is 0.407 e. The van der Waals surface area contributed by atoms with Crippen molar-refractivity contribution in [1.82, 2.24) is 9.88 Å². The Morgan fingerprint density at radius 1 is 1.20 bits per heavy atom. The molecule has 1 amide bonds. The molecule has 1 aromatic carbocycles. The van der Waals surface area contributed by atoms with Gasteiger partial charge in [-0.25, -0.2) is 9.18 Å². The molecule has 158 valence electrons. The first-order chi connectivity index (χ1) is 14.1. The Labute approximate surface area is 175 Å². The van der Waals surface area contributed by atoms with Gasteiger partial charge in [0, 0.05) is 29.9 Å². The van der Waals surface area contributed by atoms with Crippen LogP contribution in [0.1, 0.15) is 38.3 Å². The SMILES string of the molecule is COc1cc(F)cc(C#Cc2cncc(OCC3(C(C)(C)C)CCN3C(=O)O)c2)c1. The number of hydrogen-bond donors (Lipinski definition) is 1. The third-order valence-corrected chi connectivity index (χ3v) is 5.54. The predicted octanol–water partition coefficient (Wildman–Crippen LogP) is 4.18. The summed E-state index contributed by atoms with van der Waals surface area (Å²) in [6, 6.07) is 5.99. The lowest BCUT2D eigenvalue weighted by Gasteiger charge is -2.57. The van der Waals surface area contributed by atoms with E-state index >= 15 is 0 Å². The molecule has 1 aliphatic heterocycles. The molecule has 1 saturated heterocycles. The number of likely N-dealkylation sites (tertiary alicyclic amines) is 1. The molecule has 1 unspecified atom stereocenters. The number of aromatic nitrogens is 1. The highest BCUT2D eigenvalue weighted by molar-refractivity contribution is 5.68. The molecular formula is C23H25FN2O4. The van der Waals surface area contributed by atoms with Crippen molar-refractivity contribution in [3.8, 4) is 23.3 Å². The monoisotopic (exact) mass is 412 g/mol. The fourth-order valence-electron chi connectivity index (χ4n) is 3.58. The normalized spacial score (nSPS) is 18.1. The summed E-state index contributed by atoms with van der Waals surface area (Å²) in [4.78, 5) is 17.2. The Hall–Kier alpha value is -3.27. The molecule has 1 fully saturated rings. The Balaban J connectivity index is 1.77. The molecule has 1 aromatic heterocycles. The first-order valence-electron chi connectivity index (χ1n) is 9.60. The molecule has 0 saturated carbocycles. The van der Waals surface area contributed by atoms with Crippen molar-refractivity contribution in [2.24, 2.45) is 5.41 Å². The number of pyridine rings is 1. The third-order valence-electron chi connectivity index (χ3n) is 5.54. The summed E-state index contributed by atoms with van der Waals surface area (Å²) in [6.07, 6.45) is 2.94. The van der Waals surface area contributed by atoms with Gasteiger partial charge < -0.3 is 14.6 Å². The van der Waals surface area contributed by atoms with Gasteiger partial charge in [0.05, 0.1) is 18.8 Å². The van der Waals surface area contributed by atoms with Gasteiger partial charge in [0.2, 0.25) is 0 Å². The quantitative estimate of drug-likeness (QED) is 0.763. The van der Waals surface area contributed by atoms with Crippen LogP contribution in [0.4, 0.5) is 9.18 Å². The van der Waals surface area contributed by atoms with Crippen molar-refractivity contribution in [2.45, 2.75) is 32.7 Å². The van der Waals surface area contributed by atoms with Gasteiger partial charge in [-0.05, 0) is 30.0 Å². The van der Waals surface area contributed by atoms with Crippen molar-refractivity contribution < 1.29 is 23.8 Å². The van der Waals surface area contributed by atoms with Crippen LogP contribution >= 0.6 is 0 Å². The Morgan fingerprint density at radius 3 is 2.50 bits per heavy atom. The summed E-state index contributed by atoms with van der Waals surface area (Å²) in [7, 11) is 1.47. The van der Waals surface area contributed by atoms with E-state index in [1.165, 1.54) is 24.1 Å². The van der Waals surface area contributed by atoms with Gasteiger partial charge in [-0.2, -0.15) is 0 Å². The molecule has 3 rings (SSSR count). The molecule has 0 spiro atoms. The Kier molecular flexibility index (Phi) is 5.88. The Morgan fingerprint density at radius 2 is 1.90 bits per heavy atom. The van der Waals surface area contributed by atoms with Crippen LogP contribution in [0.2, 0.25) is 0 Å². The standard InChI is InChI=1S/C23H25FN2O4/c1-22(2,3)23(7-8-26(23)21(27)28)15-30-20-11-17(13-25-14-20)6-5-16-9-18(24)12-19(10-16)29-4/h9-14H,7-8,15H2,1-4H3,(H,27,28). The fourth-order valence-corrected chi connectivity index (χ4v) is 3.58. The van der Waals surface area contributed by atoms with Crippen molar-refractivity contribution in [2.75, 3.05) is 20.3 Å². The maximum atomic E-state index is 13.6. The summed E-state index contributed by atoms with van der Waals surface area (Å²) in [5.41, 5.74) is 0.199. The van der Waals surface area contributed by atoms with E-state index in [1.54, 1.807) is 24.5 Å². The summed E-state index contributed by atoms with van der Waals surface area (Å²) in [5, 5.41) is 9.51. The first kappa shape index (κ1) is 21.4. The van der Waals surface area contributed by atoms with Gasteiger partial charge in [-0.3, -0.25) is 9.88 Å². The summed E-state index contributed by atoms with van der Waals surface area (Å²) < 4.78 is 24.6. The van der Waals surface area contributed by atoms with E-state index in [0.29, 0.717) is 29.2 Å². The summed E-state index contributed by atoms with van der Waals surface area (Å²) in [5.74, 6) is 6.30. The molecule has 1 aliphatic rings. The van der Waals surface area contributed by atoms with Crippen LogP contribution < -0.4 is 9.47 Å². The lowest BCUT2D eigenvalue weighted by Crippen LogP contribution is -2.70. The van der Waals surface area contributed by atoms with Gasteiger partial charge >= 0.3 is 6.09 Å². The molecule has 2 heterocycles. The lowest BCUT2D eigenvalue weighted by molar-refractivity contribution is -0.0962. The minimum Gasteiger partial charge on any atom is -0.497 e. The number of nitrogens with zero attached hydrogens (tertiary/aromatic N) is 2. The van der Waals surface area contributed by atoms with Crippen molar-refractivity contribution in [3.05, 3.63) is 53.6 Å². The van der Waals surface area contributed by atoms with Crippen molar-refractivity contribution >= 4 is 6.09 Å². The average molecular weight is 412 g/mol. The van der Waals surface area contributed by atoms with E-state index in [1.807, 2.05) is 20.8 Å². The topological polar surface area (TPSA) is 71.9 Å². The zero-order valence-electron chi connectivity index (χ0n) is 17.5. The van der Waals surface area contributed by atoms with E-state index in [2.05, 4.69) is 16.8 Å². The molecule has 2 aromatic rings. The van der Waals surface area contributed by atoms with Gasteiger partial charge in [-0.1, -0.05) is 32.6 Å². The van der Waals surface area contributed by atoms with E-state index in [9.17, 15) is 14.3 Å². The van der Waals surface area contributed by atoms with E-state index < -0.39 is 17.4 Å². The lowest BCUT2D eigenvalue weighted by atomic mass is 9.66. The summed E-state index contributed by atoms with van der Waals surface area (Å²) >= 11 is 0. The van der Waals surface area contributed by atoms with Crippen LogP contribution in [-0.2, 0) is 0 Å². The van der Waals surface area contributed by atoms with Crippen LogP contribution in [0, 0.1) is 23.1 Å². The van der Waals surface area contributed by atoms with Crippen LogP contribution in [0.3, 0.4) is 0 Å². The van der Waals surface area contributed by atoms with Crippen LogP contribution in [0.25, 0.3) is 0 Å². The molecule has 0 radical (unpaired) electrons. The van der Waals surface area contributed by atoms with Crippen LogP contribution in [0.5, 0.6) is 11.5 Å². The van der Waals surface area contributed by atoms with Crippen LogP contribution in [0.15, 0.2) is 36.7 Å². The fraction of sp³-hybridized carbons (Fsp3) is 0.391. The molecule has 1 atom stereocenters. The molecule has 7 heteroatoms. The van der Waals surface area contributed by atoms with Gasteiger partial charge in [0.25, 0.3) is 0 Å². The number of carboxylic acid groups (broad SMARTS) is 1. The predicted molar refractivity (Wildman–Crippen MR) is 110 cm³/mol. The zero-order chi connectivity index (χ0) is 21.9.